The van der Waals surface area contributed by atoms with E-state index in [2.05, 4.69) is 16.6 Å². The third-order valence-electron chi connectivity index (χ3n) is 7.57. The Balaban J connectivity index is 1.75. The quantitative estimate of drug-likeness (QED) is 0.409. The number of esters is 1. The number of benzene rings is 1. The van der Waals surface area contributed by atoms with Crippen LogP contribution in [0.2, 0.25) is 0 Å². The summed E-state index contributed by atoms with van der Waals surface area (Å²) >= 11 is 0. The van der Waals surface area contributed by atoms with Gasteiger partial charge in [-0.1, -0.05) is 30.5 Å². The van der Waals surface area contributed by atoms with E-state index < -0.39 is 23.1 Å². The topological polar surface area (TPSA) is 83.8 Å². The lowest BCUT2D eigenvalue weighted by Crippen LogP contribution is -2.58. The number of ketones is 1. The highest BCUT2D eigenvalue weighted by Crippen LogP contribution is 2.64. The molecule has 0 saturated heterocycles. The molecule has 28 heavy (non-hydrogen) atoms. The average molecular weight is 382 g/mol. The van der Waals surface area contributed by atoms with Crippen LogP contribution in [0.15, 0.2) is 18.2 Å². The summed E-state index contributed by atoms with van der Waals surface area (Å²) in [7, 11) is 1.24. The van der Waals surface area contributed by atoms with Crippen LogP contribution in [0.4, 0.5) is 0 Å². The van der Waals surface area contributed by atoms with Gasteiger partial charge in [0.15, 0.2) is 5.78 Å². The van der Waals surface area contributed by atoms with E-state index in [0.717, 1.165) is 16.7 Å². The van der Waals surface area contributed by atoms with Crippen LogP contribution >= 0.6 is 0 Å². The number of methoxy groups -OCH3 is 1. The minimum atomic E-state index is -1.48. The molecule has 0 bridgehead atoms. The molecule has 0 aliphatic heterocycles. The summed E-state index contributed by atoms with van der Waals surface area (Å²) in [6, 6.07) is 5.98. The van der Waals surface area contributed by atoms with Gasteiger partial charge in [-0.25, -0.2) is 4.79 Å². The van der Waals surface area contributed by atoms with Crippen LogP contribution in [0.5, 0.6) is 0 Å². The Labute approximate surface area is 165 Å². The zero-order valence-corrected chi connectivity index (χ0v) is 16.5. The van der Waals surface area contributed by atoms with Crippen molar-refractivity contribution in [1.82, 2.24) is 0 Å². The number of Topliss-reactive ketones (excluding diaryl/α,β-unsaturated/α-hetero) is 1. The molecule has 1 aromatic rings. The molecule has 2 saturated carbocycles. The van der Waals surface area contributed by atoms with Gasteiger partial charge in [0.2, 0.25) is 0 Å². The first-order valence-corrected chi connectivity index (χ1v) is 9.86. The molecule has 4 rings (SSSR count). The molecule has 0 aromatic heterocycles. The summed E-state index contributed by atoms with van der Waals surface area (Å²) in [6.07, 6.45) is 1.15. The summed E-state index contributed by atoms with van der Waals surface area (Å²) < 4.78 is 4.57. The van der Waals surface area contributed by atoms with Crippen molar-refractivity contribution in [2.75, 3.05) is 7.11 Å². The van der Waals surface area contributed by atoms with Gasteiger partial charge in [-0.05, 0) is 55.6 Å². The molecule has 3 aliphatic carbocycles. The fraction of sp³-hybridized carbons (Fsp3) is 0.565. The molecule has 2 fully saturated rings. The molecule has 6 atom stereocenters. The molecule has 0 spiro atoms. The Bertz CT molecular complexity index is 909. The monoisotopic (exact) mass is 382 g/mol. The second-order valence-electron chi connectivity index (χ2n) is 8.77. The maximum Gasteiger partial charge on any atom is 0.384 e. The zero-order chi connectivity index (χ0) is 20.3. The minimum Gasteiger partial charge on any atom is -0.459 e. The summed E-state index contributed by atoms with van der Waals surface area (Å²) in [5.74, 6) is 4.59. The highest BCUT2D eigenvalue weighted by atomic mass is 16.5. The van der Waals surface area contributed by atoms with Gasteiger partial charge in [-0.2, -0.15) is 0 Å². The summed E-state index contributed by atoms with van der Waals surface area (Å²) in [5, 5.41) is 22.5. The summed E-state index contributed by atoms with van der Waals surface area (Å²) in [4.78, 5) is 24.3. The van der Waals surface area contributed by atoms with E-state index in [1.165, 1.54) is 7.11 Å². The Kier molecular flexibility index (Phi) is 4.41. The van der Waals surface area contributed by atoms with Gasteiger partial charge in [0.1, 0.15) is 5.60 Å². The van der Waals surface area contributed by atoms with Gasteiger partial charge in [0.25, 0.3) is 0 Å². The molecule has 0 unspecified atom stereocenters. The Hall–Kier alpha value is -2.16. The number of hydrogen-bond donors (Lipinski definition) is 2. The number of aliphatic hydroxyl groups excluding tert-OH is 1. The number of carbonyl (C=O) groups excluding carboxylic acids is 2. The van der Waals surface area contributed by atoms with Crippen LogP contribution in [-0.2, 0) is 9.53 Å². The van der Waals surface area contributed by atoms with Crippen molar-refractivity contribution in [2.24, 2.45) is 17.3 Å². The molecule has 3 aliphatic rings. The lowest BCUT2D eigenvalue weighted by molar-refractivity contribution is -0.141. The fourth-order valence-corrected chi connectivity index (χ4v) is 5.97. The van der Waals surface area contributed by atoms with E-state index >= 15 is 0 Å². The lowest BCUT2D eigenvalue weighted by atomic mass is 9.52. The Morgan fingerprint density at radius 2 is 2.11 bits per heavy atom. The van der Waals surface area contributed by atoms with E-state index in [4.69, 9.17) is 0 Å². The standard InChI is InChI=1S/C23H26O5/c1-13-4-5-14-15-12-20(25)22(2)18(16(15)11-19(24)17(14)10-13)6-8-23(22,27)9-7-21(26)28-3/h4-5,10,15-16,18,20,25,27H,6,8,11-12H2,1-3H3/t15-,16-,18+,20-,22-,23-/m1/s1. The molecule has 5 heteroatoms. The van der Waals surface area contributed by atoms with Gasteiger partial charge >= 0.3 is 5.97 Å². The minimum absolute atomic E-state index is 0.0448. The van der Waals surface area contributed by atoms with Crippen LogP contribution in [0.1, 0.15) is 60.0 Å². The van der Waals surface area contributed by atoms with Crippen molar-refractivity contribution in [3.05, 3.63) is 34.9 Å². The number of ether oxygens (including phenoxy) is 1. The van der Waals surface area contributed by atoms with Crippen LogP contribution < -0.4 is 0 Å². The van der Waals surface area contributed by atoms with Crippen LogP contribution in [0, 0.1) is 36.0 Å². The van der Waals surface area contributed by atoms with E-state index in [1.807, 2.05) is 32.0 Å². The van der Waals surface area contributed by atoms with Crippen LogP contribution in [-0.4, -0.2) is 40.8 Å². The first-order valence-electron chi connectivity index (χ1n) is 9.86. The zero-order valence-electron chi connectivity index (χ0n) is 16.5. The first-order chi connectivity index (χ1) is 13.2. The molecular weight excluding hydrogens is 356 g/mol. The van der Waals surface area contributed by atoms with Crippen molar-refractivity contribution in [2.45, 2.75) is 57.2 Å². The van der Waals surface area contributed by atoms with Gasteiger partial charge < -0.3 is 14.9 Å². The fourth-order valence-electron chi connectivity index (χ4n) is 5.97. The van der Waals surface area contributed by atoms with Crippen LogP contribution in [0.25, 0.3) is 0 Å². The summed E-state index contributed by atoms with van der Waals surface area (Å²) in [6.45, 7) is 3.83. The second kappa shape index (κ2) is 6.43. The molecule has 0 amide bonds. The SMILES string of the molecule is COC(=O)C#C[C@]1(O)CC[C@H]2[C@@H]3CC(=O)c4cc(C)ccc4[C@H]3C[C@@H](O)[C@@]21C. The average Bonchev–Trinajstić information content (AvgIpc) is 2.94. The molecule has 0 heterocycles. The highest BCUT2D eigenvalue weighted by molar-refractivity contribution is 5.99. The van der Waals surface area contributed by atoms with Gasteiger partial charge in [0, 0.05) is 23.3 Å². The second-order valence-corrected chi connectivity index (χ2v) is 8.77. The van der Waals surface area contributed by atoms with E-state index in [0.29, 0.717) is 25.7 Å². The van der Waals surface area contributed by atoms with E-state index in [9.17, 15) is 19.8 Å². The van der Waals surface area contributed by atoms with E-state index in [1.54, 1.807) is 0 Å². The van der Waals surface area contributed by atoms with Gasteiger partial charge in [-0.15, -0.1) is 0 Å². The molecule has 2 N–H and O–H groups in total. The predicted octanol–water partition coefficient (Wildman–Crippen LogP) is 2.37. The lowest BCUT2D eigenvalue weighted by Gasteiger charge is -2.54. The summed E-state index contributed by atoms with van der Waals surface area (Å²) in [5.41, 5.74) is 0.477. The van der Waals surface area contributed by atoms with Crippen molar-refractivity contribution in [1.29, 1.82) is 0 Å². The van der Waals surface area contributed by atoms with Crippen molar-refractivity contribution in [3.63, 3.8) is 0 Å². The predicted molar refractivity (Wildman–Crippen MR) is 103 cm³/mol. The van der Waals surface area contributed by atoms with E-state index in [-0.39, 0.29) is 23.5 Å². The normalized spacial score (nSPS) is 38.5. The van der Waals surface area contributed by atoms with Crippen molar-refractivity contribution < 1.29 is 24.5 Å². The number of aliphatic hydroxyl groups is 2. The molecule has 148 valence electrons. The first kappa shape index (κ1) is 19.2. The van der Waals surface area contributed by atoms with Crippen LogP contribution in [0.3, 0.4) is 0 Å². The Morgan fingerprint density at radius 1 is 1.36 bits per heavy atom. The van der Waals surface area contributed by atoms with Crippen molar-refractivity contribution >= 4 is 11.8 Å². The molecular formula is C23H26O5. The number of hydrogen-bond acceptors (Lipinski definition) is 5. The van der Waals surface area contributed by atoms with Crippen molar-refractivity contribution in [3.8, 4) is 11.8 Å². The number of aryl methyl sites for hydroxylation is 1. The number of carbonyl (C=O) groups is 2. The molecule has 5 nitrogen and oxygen atoms in total. The third-order valence-corrected chi connectivity index (χ3v) is 7.57. The Morgan fingerprint density at radius 3 is 2.82 bits per heavy atom. The maximum absolute atomic E-state index is 12.9. The molecule has 0 radical (unpaired) electrons. The smallest absolute Gasteiger partial charge is 0.384 e. The largest absolute Gasteiger partial charge is 0.459 e. The number of rotatable bonds is 0. The van der Waals surface area contributed by atoms with Gasteiger partial charge in [-0.3, -0.25) is 4.79 Å². The highest BCUT2D eigenvalue weighted by Gasteiger charge is 2.65. The maximum atomic E-state index is 12.9. The number of fused-ring (bicyclic) bond motifs is 5. The van der Waals surface area contributed by atoms with Gasteiger partial charge in [0.05, 0.1) is 13.2 Å². The third kappa shape index (κ3) is 2.55. The molecule has 1 aromatic carbocycles.